The van der Waals surface area contributed by atoms with Crippen molar-refractivity contribution in [3.8, 4) is 5.75 Å². The summed E-state index contributed by atoms with van der Waals surface area (Å²) in [6, 6.07) is 13.8. The van der Waals surface area contributed by atoms with Crippen LogP contribution >= 0.6 is 0 Å². The Balaban J connectivity index is 1.27. The molecule has 81 heavy (non-hydrogen) atoms. The van der Waals surface area contributed by atoms with E-state index in [1.807, 2.05) is 56.6 Å². The van der Waals surface area contributed by atoms with Gasteiger partial charge in [0.15, 0.2) is 5.71 Å². The SMILES string of the molecule is CC1(C)C(=CC=C2CCCC(C=CC3=[N+](CCCCS(=O)(=O)O)c4ccc(S(=O)(=O)[O-])cc4C3(C)C)=C2Oc2ccc(S(=O)(=O)O)cc2)N(CCCCCC(=O)NCCOCCOCCOCCN=[N+]=[N-])c2ccc(S(=O)(=O)O)cc21. The third-order valence-corrected chi connectivity index (χ3v) is 17.4. The Kier molecular flexibility index (Phi) is 22.2. The van der Waals surface area contributed by atoms with E-state index < -0.39 is 62.0 Å². The van der Waals surface area contributed by atoms with Crippen molar-refractivity contribution in [2.24, 2.45) is 5.11 Å². The van der Waals surface area contributed by atoms with Crippen LogP contribution in [0.3, 0.4) is 0 Å². The number of benzene rings is 3. The van der Waals surface area contributed by atoms with Gasteiger partial charge in [-0.2, -0.15) is 29.8 Å². The van der Waals surface area contributed by atoms with Crippen LogP contribution < -0.4 is 15.0 Å². The lowest BCUT2D eigenvalue weighted by atomic mass is 9.81. The molecule has 2 aliphatic heterocycles. The van der Waals surface area contributed by atoms with Crippen LogP contribution in [0.2, 0.25) is 0 Å². The number of nitrogens with one attached hydrogen (secondary N) is 1. The lowest BCUT2D eigenvalue weighted by Crippen LogP contribution is -2.28. The second-order valence-electron chi connectivity index (χ2n) is 20.5. The summed E-state index contributed by atoms with van der Waals surface area (Å²) < 4.78 is 163. The molecular weight excluding hydrogens is 1130 g/mol. The van der Waals surface area contributed by atoms with Crippen molar-refractivity contribution in [3.05, 3.63) is 129 Å². The van der Waals surface area contributed by atoms with E-state index in [-0.39, 0.29) is 47.4 Å². The average Bonchev–Trinajstić information content (AvgIpc) is 3.78. The van der Waals surface area contributed by atoms with Gasteiger partial charge in [0.2, 0.25) is 11.6 Å². The molecule has 1 amide bonds. The third kappa shape index (κ3) is 17.8. The number of amides is 1. The molecule has 0 unspecified atom stereocenters. The normalized spacial score (nSPS) is 17.3. The number of azide groups is 1. The highest BCUT2D eigenvalue weighted by atomic mass is 32.2. The van der Waals surface area contributed by atoms with E-state index in [2.05, 4.69) is 20.2 Å². The predicted molar refractivity (Wildman–Crippen MR) is 301 cm³/mol. The van der Waals surface area contributed by atoms with Gasteiger partial charge in [-0.05, 0) is 141 Å². The van der Waals surface area contributed by atoms with Gasteiger partial charge >= 0.3 is 0 Å². The largest absolute Gasteiger partial charge is 0.744 e. The zero-order valence-corrected chi connectivity index (χ0v) is 48.9. The Hall–Kier alpha value is -5.81. The molecule has 0 fully saturated rings. The molecule has 0 saturated heterocycles. The topological polar surface area (TPSA) is 341 Å². The molecule has 27 heteroatoms. The molecule has 3 aromatic rings. The number of allylic oxidation sites excluding steroid dienone is 7. The smallest absolute Gasteiger partial charge is 0.294 e. The first-order chi connectivity index (χ1) is 38.1. The maximum absolute atomic E-state index is 12.7. The number of carbonyl (C=O) groups is 1. The second kappa shape index (κ2) is 28.0. The monoisotopic (exact) mass is 1200 g/mol. The second-order valence-corrected chi connectivity index (χ2v) is 26.3. The van der Waals surface area contributed by atoms with Crippen LogP contribution in [-0.2, 0) is 70.3 Å². The molecule has 442 valence electrons. The first kappa shape index (κ1) is 64.4. The molecule has 2 heterocycles. The molecule has 0 aromatic heterocycles. The molecule has 1 aliphatic carbocycles. The fourth-order valence-corrected chi connectivity index (χ4v) is 12.0. The summed E-state index contributed by atoms with van der Waals surface area (Å²) in [7, 11) is -18.2. The summed E-state index contributed by atoms with van der Waals surface area (Å²) in [4.78, 5) is 16.4. The minimum absolute atomic E-state index is 0.122. The number of nitrogens with zero attached hydrogens (tertiary/aromatic N) is 5. The number of carbonyl (C=O) groups excluding carboxylic acids is 1. The summed E-state index contributed by atoms with van der Waals surface area (Å²) in [6.45, 7) is 11.0. The van der Waals surface area contributed by atoms with Crippen molar-refractivity contribution in [3.63, 3.8) is 0 Å². The van der Waals surface area contributed by atoms with Crippen molar-refractivity contribution >= 4 is 63.5 Å². The summed E-state index contributed by atoms with van der Waals surface area (Å²) in [5.41, 5.74) is 12.0. The molecule has 0 atom stereocenters. The van der Waals surface area contributed by atoms with Gasteiger partial charge in [-0.1, -0.05) is 31.5 Å². The quantitative estimate of drug-likeness (QED) is 0.0119. The molecule has 0 saturated carbocycles. The number of hydrogen-bond donors (Lipinski definition) is 4. The molecule has 6 rings (SSSR count). The first-order valence-corrected chi connectivity index (χ1v) is 32.2. The number of rotatable bonds is 31. The van der Waals surface area contributed by atoms with E-state index >= 15 is 0 Å². The number of unbranched alkanes of at least 4 members (excludes halogenated alkanes) is 3. The molecular formula is C54H70N6O17S4. The van der Waals surface area contributed by atoms with Gasteiger partial charge in [0.25, 0.3) is 30.4 Å². The number of fused-ring (bicyclic) bond motifs is 2. The minimum atomic E-state index is -4.83. The molecule has 0 radical (unpaired) electrons. The molecule has 3 aliphatic rings. The van der Waals surface area contributed by atoms with Gasteiger partial charge in [-0.25, -0.2) is 8.42 Å². The zero-order valence-electron chi connectivity index (χ0n) is 45.7. The van der Waals surface area contributed by atoms with E-state index in [4.69, 9.17) is 24.5 Å². The van der Waals surface area contributed by atoms with Crippen LogP contribution in [0.1, 0.15) is 96.6 Å². The Morgan fingerprint density at radius 3 is 2.05 bits per heavy atom. The number of anilines is 1. The standard InChI is InChI=1S/C54H70N6O17S4/c1-53(2)45-37-43(80(68,69)70)20-22-47(45)59(28-7-5-6-13-51(61)56-26-30-74-32-34-76-35-33-75-31-27-57-58-55)49(53)24-14-39-11-10-12-40(52(39)77-41-16-18-42(19-17-41)79(65,66)67)15-25-50-54(3,4)46-38-44(81(71,72)73)21-23-48(46)60(50)29-8-9-36-78(62,63)64/h14-25,37-38H,5-13,26-36H2,1-4H3,(H4-,56,61,62,63,64,65,66,67,68,69,70,71,72,73). The first-order valence-electron chi connectivity index (χ1n) is 26.3. The summed E-state index contributed by atoms with van der Waals surface area (Å²) in [5.74, 6) is 0.0781. The van der Waals surface area contributed by atoms with Gasteiger partial charge in [0.05, 0.1) is 65.5 Å². The van der Waals surface area contributed by atoms with Gasteiger partial charge in [-0.3, -0.25) is 18.5 Å². The van der Waals surface area contributed by atoms with E-state index in [1.165, 1.54) is 48.5 Å². The highest BCUT2D eigenvalue weighted by molar-refractivity contribution is 7.86. The van der Waals surface area contributed by atoms with Crippen LogP contribution in [0, 0.1) is 0 Å². The van der Waals surface area contributed by atoms with Gasteiger partial charge < -0.3 is 33.7 Å². The van der Waals surface area contributed by atoms with Crippen molar-refractivity contribution in [2.75, 3.05) is 76.5 Å². The van der Waals surface area contributed by atoms with Crippen molar-refractivity contribution < 1.29 is 80.2 Å². The minimum Gasteiger partial charge on any atom is -0.744 e. The Bertz CT molecular complexity index is 3460. The fraction of sp³-hybridized carbons (Fsp3) is 0.481. The lowest BCUT2D eigenvalue weighted by molar-refractivity contribution is -0.438. The van der Waals surface area contributed by atoms with Crippen LogP contribution in [0.4, 0.5) is 11.4 Å². The summed E-state index contributed by atoms with van der Waals surface area (Å²) in [6.07, 6.45) is 11.9. The summed E-state index contributed by atoms with van der Waals surface area (Å²) >= 11 is 0. The lowest BCUT2D eigenvalue weighted by Gasteiger charge is -2.27. The number of ether oxygens (including phenoxy) is 4. The third-order valence-electron chi connectivity index (χ3n) is 14.0. The van der Waals surface area contributed by atoms with Crippen molar-refractivity contribution in [1.29, 1.82) is 0 Å². The van der Waals surface area contributed by atoms with Crippen molar-refractivity contribution in [2.45, 2.75) is 111 Å². The van der Waals surface area contributed by atoms with Gasteiger partial charge in [0, 0.05) is 71.9 Å². The molecule has 23 nitrogen and oxygen atoms in total. The zero-order chi connectivity index (χ0) is 59.2. The predicted octanol–water partition coefficient (Wildman–Crippen LogP) is 7.85. The molecule has 3 aromatic carbocycles. The summed E-state index contributed by atoms with van der Waals surface area (Å²) in [5, 5.41) is 6.25. The maximum Gasteiger partial charge on any atom is 0.294 e. The number of hydrogen-bond acceptors (Lipinski definition) is 16. The fourth-order valence-electron chi connectivity index (χ4n) is 9.94. The van der Waals surface area contributed by atoms with Crippen LogP contribution in [-0.4, -0.2) is 140 Å². The van der Waals surface area contributed by atoms with Gasteiger partial charge in [0.1, 0.15) is 28.2 Å². The Morgan fingerprint density at radius 1 is 0.753 bits per heavy atom. The van der Waals surface area contributed by atoms with E-state index in [0.29, 0.717) is 132 Å². The van der Waals surface area contributed by atoms with Gasteiger partial charge in [-0.15, -0.1) is 0 Å². The Morgan fingerprint density at radius 2 is 1.40 bits per heavy atom. The van der Waals surface area contributed by atoms with E-state index in [1.54, 1.807) is 12.1 Å². The molecule has 4 N–H and O–H groups in total. The highest BCUT2D eigenvalue weighted by Crippen LogP contribution is 2.49. The van der Waals surface area contributed by atoms with Crippen LogP contribution in [0.15, 0.2) is 127 Å². The van der Waals surface area contributed by atoms with E-state index in [9.17, 15) is 56.7 Å². The van der Waals surface area contributed by atoms with E-state index in [0.717, 1.165) is 17.0 Å². The molecule has 0 spiro atoms. The Labute approximate surface area is 474 Å². The van der Waals surface area contributed by atoms with Crippen LogP contribution in [0.5, 0.6) is 5.75 Å². The molecule has 0 bridgehead atoms. The average molecular weight is 1200 g/mol. The maximum atomic E-state index is 12.7. The highest BCUT2D eigenvalue weighted by Gasteiger charge is 2.45. The van der Waals surface area contributed by atoms with Crippen molar-refractivity contribution in [1.82, 2.24) is 5.32 Å². The van der Waals surface area contributed by atoms with Crippen LogP contribution in [0.25, 0.3) is 10.4 Å².